The fourth-order valence-corrected chi connectivity index (χ4v) is 3.68. The predicted octanol–water partition coefficient (Wildman–Crippen LogP) is 1.54. The average Bonchev–Trinajstić information content (AvgIpc) is 3.03. The van der Waals surface area contributed by atoms with Gasteiger partial charge in [-0.3, -0.25) is 14.9 Å². The Morgan fingerprint density at radius 2 is 1.79 bits per heavy atom. The molecule has 1 atom stereocenters. The van der Waals surface area contributed by atoms with Crippen LogP contribution < -0.4 is 20.1 Å². The Kier molecular flexibility index (Phi) is 6.01. The highest BCUT2D eigenvalue weighted by atomic mass is 19.1. The number of nitrogens with zero attached hydrogens (tertiary/aromatic N) is 1. The molecule has 8 nitrogen and oxygen atoms in total. The first kappa shape index (κ1) is 19.9. The Morgan fingerprint density at radius 1 is 1.18 bits per heavy atom. The van der Waals surface area contributed by atoms with E-state index in [1.807, 2.05) is 0 Å². The Hall–Kier alpha value is -2.84. The van der Waals surface area contributed by atoms with Crippen LogP contribution in [0, 0.1) is 5.82 Å². The molecule has 152 valence electrons. The lowest BCUT2D eigenvalue weighted by atomic mass is 9.89. The number of amides is 4. The number of benzene rings is 1. The van der Waals surface area contributed by atoms with Crippen molar-refractivity contribution in [2.75, 3.05) is 27.3 Å². The quantitative estimate of drug-likeness (QED) is 0.715. The van der Waals surface area contributed by atoms with Crippen molar-refractivity contribution in [3.63, 3.8) is 0 Å². The van der Waals surface area contributed by atoms with Crippen molar-refractivity contribution in [3.05, 3.63) is 23.5 Å². The van der Waals surface area contributed by atoms with E-state index >= 15 is 0 Å². The summed E-state index contributed by atoms with van der Waals surface area (Å²) in [7, 11) is 2.83. The van der Waals surface area contributed by atoms with Crippen molar-refractivity contribution >= 4 is 17.8 Å². The number of methoxy groups -OCH3 is 2. The molecule has 3 rings (SSSR count). The number of urea groups is 1. The van der Waals surface area contributed by atoms with E-state index in [-0.39, 0.29) is 36.2 Å². The molecule has 2 fully saturated rings. The Morgan fingerprint density at radius 3 is 2.29 bits per heavy atom. The molecular weight excluding hydrogens is 369 g/mol. The van der Waals surface area contributed by atoms with Crippen LogP contribution in [0.5, 0.6) is 11.5 Å². The van der Waals surface area contributed by atoms with Crippen molar-refractivity contribution in [1.82, 2.24) is 15.5 Å². The maximum absolute atomic E-state index is 14.1. The van der Waals surface area contributed by atoms with E-state index in [1.165, 1.54) is 14.2 Å². The number of piperidine rings is 1. The lowest BCUT2D eigenvalue weighted by Crippen LogP contribution is -2.39. The molecule has 0 aliphatic carbocycles. The molecule has 1 aromatic rings. The van der Waals surface area contributed by atoms with Crippen LogP contribution >= 0.6 is 0 Å². The van der Waals surface area contributed by atoms with Gasteiger partial charge in [0.05, 0.1) is 14.2 Å². The van der Waals surface area contributed by atoms with Crippen LogP contribution in [0.15, 0.2) is 12.1 Å². The van der Waals surface area contributed by atoms with E-state index in [4.69, 9.17) is 9.47 Å². The van der Waals surface area contributed by atoms with Crippen LogP contribution in [-0.4, -0.2) is 56.1 Å². The number of carbonyl (C=O) groups is 3. The van der Waals surface area contributed by atoms with Gasteiger partial charge in [-0.1, -0.05) is 0 Å². The molecule has 0 unspecified atom stereocenters. The highest BCUT2D eigenvalue weighted by Crippen LogP contribution is 2.36. The summed E-state index contributed by atoms with van der Waals surface area (Å²) in [5.74, 6) is -0.497. The van der Waals surface area contributed by atoms with Gasteiger partial charge < -0.3 is 19.7 Å². The molecule has 2 aliphatic rings. The van der Waals surface area contributed by atoms with E-state index in [0.717, 1.165) is 18.4 Å². The third-order valence-corrected chi connectivity index (χ3v) is 5.29. The zero-order chi connectivity index (χ0) is 20.3. The van der Waals surface area contributed by atoms with E-state index in [0.29, 0.717) is 13.1 Å². The third-order valence-electron chi connectivity index (χ3n) is 5.29. The normalized spacial score (nSPS) is 20.0. The number of imide groups is 1. The number of ether oxygens (including phenoxy) is 2. The summed E-state index contributed by atoms with van der Waals surface area (Å²) in [6.45, 7) is 1.16. The molecule has 0 aromatic heterocycles. The SMILES string of the molecule is COc1cc(C2CCN(C(=O)CC[C@H]3NC(=O)NC3=O)CC2)cc(OC)c1F. The summed E-state index contributed by atoms with van der Waals surface area (Å²) in [5.41, 5.74) is 0.924. The molecule has 0 saturated carbocycles. The van der Waals surface area contributed by atoms with Crippen molar-refractivity contribution in [3.8, 4) is 11.5 Å². The van der Waals surface area contributed by atoms with E-state index in [1.54, 1.807) is 17.0 Å². The van der Waals surface area contributed by atoms with Crippen LogP contribution in [0.3, 0.4) is 0 Å². The minimum Gasteiger partial charge on any atom is -0.494 e. The van der Waals surface area contributed by atoms with Crippen LogP contribution in [0.25, 0.3) is 0 Å². The molecule has 2 N–H and O–H groups in total. The summed E-state index contributed by atoms with van der Waals surface area (Å²) < 4.78 is 24.3. The second-order valence-corrected chi connectivity index (χ2v) is 6.95. The Bertz CT molecular complexity index is 752. The maximum Gasteiger partial charge on any atom is 0.322 e. The topological polar surface area (TPSA) is 97.0 Å². The van der Waals surface area contributed by atoms with E-state index < -0.39 is 23.8 Å². The van der Waals surface area contributed by atoms with Gasteiger partial charge in [-0.05, 0) is 42.9 Å². The summed E-state index contributed by atoms with van der Waals surface area (Å²) in [5, 5.41) is 4.65. The second-order valence-electron chi connectivity index (χ2n) is 6.95. The number of hydrogen-bond donors (Lipinski definition) is 2. The van der Waals surface area contributed by atoms with Crippen molar-refractivity contribution in [1.29, 1.82) is 0 Å². The van der Waals surface area contributed by atoms with E-state index in [9.17, 15) is 18.8 Å². The van der Waals surface area contributed by atoms with Gasteiger partial charge in [0.15, 0.2) is 11.5 Å². The Balaban J connectivity index is 1.55. The van der Waals surface area contributed by atoms with Gasteiger partial charge in [0.2, 0.25) is 11.7 Å². The van der Waals surface area contributed by atoms with Gasteiger partial charge in [0, 0.05) is 19.5 Å². The molecule has 4 amide bonds. The highest BCUT2D eigenvalue weighted by molar-refractivity contribution is 6.04. The van der Waals surface area contributed by atoms with Crippen molar-refractivity contribution in [2.24, 2.45) is 0 Å². The number of likely N-dealkylation sites (tertiary alicyclic amines) is 1. The molecule has 9 heteroatoms. The zero-order valence-electron chi connectivity index (χ0n) is 15.9. The van der Waals surface area contributed by atoms with Gasteiger partial charge in [0.1, 0.15) is 6.04 Å². The van der Waals surface area contributed by atoms with Gasteiger partial charge in [0.25, 0.3) is 5.91 Å². The summed E-state index contributed by atoms with van der Waals surface area (Å²) in [6.07, 6.45) is 1.96. The largest absolute Gasteiger partial charge is 0.494 e. The fourth-order valence-electron chi connectivity index (χ4n) is 3.68. The summed E-state index contributed by atoms with van der Waals surface area (Å²) in [6, 6.07) is 2.20. The zero-order valence-corrected chi connectivity index (χ0v) is 15.9. The van der Waals surface area contributed by atoms with Crippen LogP contribution in [0.2, 0.25) is 0 Å². The maximum atomic E-state index is 14.1. The first-order valence-corrected chi connectivity index (χ1v) is 9.23. The molecule has 2 aliphatic heterocycles. The first-order chi connectivity index (χ1) is 13.4. The number of carbonyl (C=O) groups excluding carboxylic acids is 3. The molecule has 0 bridgehead atoms. The van der Waals surface area contributed by atoms with Gasteiger partial charge in [-0.2, -0.15) is 4.39 Å². The highest BCUT2D eigenvalue weighted by Gasteiger charge is 2.31. The standard InChI is InChI=1S/C19H24FN3O5/c1-27-14-9-12(10-15(28-2)17(14)20)11-5-7-23(8-6-11)16(24)4-3-13-18(25)22-19(26)21-13/h9-11,13H,3-8H2,1-2H3,(H2,21,22,25,26)/t13-/m1/s1. The van der Waals surface area contributed by atoms with Crippen molar-refractivity contribution < 1.29 is 28.2 Å². The van der Waals surface area contributed by atoms with Gasteiger partial charge in [-0.15, -0.1) is 0 Å². The minimum atomic E-state index is -0.645. The second kappa shape index (κ2) is 8.45. The van der Waals surface area contributed by atoms with Gasteiger partial charge in [-0.25, -0.2) is 4.79 Å². The van der Waals surface area contributed by atoms with Crippen LogP contribution in [0.4, 0.5) is 9.18 Å². The lowest BCUT2D eigenvalue weighted by molar-refractivity contribution is -0.132. The summed E-state index contributed by atoms with van der Waals surface area (Å²) in [4.78, 5) is 36.8. The van der Waals surface area contributed by atoms with Crippen LogP contribution in [-0.2, 0) is 9.59 Å². The van der Waals surface area contributed by atoms with Crippen LogP contribution in [0.1, 0.15) is 37.2 Å². The minimum absolute atomic E-state index is 0.0401. The monoisotopic (exact) mass is 393 g/mol. The third kappa shape index (κ3) is 4.18. The molecule has 0 spiro atoms. The molecule has 1 aromatic carbocycles. The molecular formula is C19H24FN3O5. The van der Waals surface area contributed by atoms with Gasteiger partial charge >= 0.3 is 6.03 Å². The number of halogens is 1. The summed E-state index contributed by atoms with van der Waals surface area (Å²) >= 11 is 0. The number of nitrogens with one attached hydrogen (secondary N) is 2. The number of rotatable bonds is 6. The smallest absolute Gasteiger partial charge is 0.322 e. The average molecular weight is 393 g/mol. The van der Waals surface area contributed by atoms with Crippen molar-refractivity contribution in [2.45, 2.75) is 37.6 Å². The first-order valence-electron chi connectivity index (χ1n) is 9.23. The molecule has 2 heterocycles. The fraction of sp³-hybridized carbons (Fsp3) is 0.526. The molecule has 28 heavy (non-hydrogen) atoms. The Labute approximate surface area is 162 Å². The number of hydrogen-bond acceptors (Lipinski definition) is 5. The predicted molar refractivity (Wildman–Crippen MR) is 97.8 cm³/mol. The van der Waals surface area contributed by atoms with E-state index in [2.05, 4.69) is 10.6 Å². The lowest BCUT2D eigenvalue weighted by Gasteiger charge is -2.32. The molecule has 0 radical (unpaired) electrons. The molecule has 2 saturated heterocycles.